The first kappa shape index (κ1) is 16.2. The Bertz CT molecular complexity index is 458. The topological polar surface area (TPSA) is 56.1 Å². The zero-order chi connectivity index (χ0) is 14.4. The van der Waals surface area contributed by atoms with Crippen LogP contribution in [0.2, 0.25) is 0 Å². The van der Waals surface area contributed by atoms with Gasteiger partial charge < -0.3 is 10.1 Å². The molecule has 0 atom stereocenters. The van der Waals surface area contributed by atoms with Crippen LogP contribution in [0.5, 0.6) is 0 Å². The standard InChI is InChI=1S/C13H22BrN3O2/c1-9(2)8-17-13(18)12(14)11(7-16-17)15-5-6-19-10(3)4/h7,9-10,15H,5-6,8H2,1-4H3. The highest BCUT2D eigenvalue weighted by atomic mass is 79.9. The van der Waals surface area contributed by atoms with Crippen LogP contribution in [0.15, 0.2) is 15.5 Å². The lowest BCUT2D eigenvalue weighted by Gasteiger charge is -2.12. The van der Waals surface area contributed by atoms with Gasteiger partial charge >= 0.3 is 0 Å². The lowest BCUT2D eigenvalue weighted by molar-refractivity contribution is 0.0870. The van der Waals surface area contributed by atoms with Crippen molar-refractivity contribution in [3.8, 4) is 0 Å². The fourth-order valence-electron chi connectivity index (χ4n) is 1.54. The van der Waals surface area contributed by atoms with Crippen LogP contribution in [0.1, 0.15) is 27.7 Å². The second-order valence-corrected chi connectivity index (χ2v) is 5.89. The monoisotopic (exact) mass is 331 g/mol. The van der Waals surface area contributed by atoms with Crippen molar-refractivity contribution in [1.29, 1.82) is 0 Å². The molecule has 1 aromatic rings. The normalized spacial score (nSPS) is 11.3. The van der Waals surface area contributed by atoms with Gasteiger partial charge in [0.2, 0.25) is 0 Å². The van der Waals surface area contributed by atoms with Gasteiger partial charge in [0.25, 0.3) is 5.56 Å². The molecule has 1 heterocycles. The van der Waals surface area contributed by atoms with E-state index in [4.69, 9.17) is 4.74 Å². The van der Waals surface area contributed by atoms with E-state index >= 15 is 0 Å². The fourth-order valence-corrected chi connectivity index (χ4v) is 1.99. The molecule has 0 aliphatic heterocycles. The zero-order valence-electron chi connectivity index (χ0n) is 11.9. The Hall–Kier alpha value is -0.880. The fraction of sp³-hybridized carbons (Fsp3) is 0.692. The lowest BCUT2D eigenvalue weighted by atomic mass is 10.2. The first-order chi connectivity index (χ1) is 8.91. The Kier molecular flexibility index (Phi) is 6.51. The Balaban J connectivity index is 2.66. The summed E-state index contributed by atoms with van der Waals surface area (Å²) in [4.78, 5) is 12.0. The van der Waals surface area contributed by atoms with Crippen LogP contribution in [-0.4, -0.2) is 29.0 Å². The predicted octanol–water partition coefficient (Wildman–Crippen LogP) is 2.50. The minimum atomic E-state index is -0.108. The molecule has 1 aromatic heterocycles. The molecular formula is C13H22BrN3O2. The molecule has 1 N–H and O–H groups in total. The Morgan fingerprint density at radius 3 is 2.68 bits per heavy atom. The molecule has 0 bridgehead atoms. The minimum Gasteiger partial charge on any atom is -0.380 e. The predicted molar refractivity (Wildman–Crippen MR) is 80.6 cm³/mol. The summed E-state index contributed by atoms with van der Waals surface area (Å²) < 4.78 is 7.43. The average molecular weight is 332 g/mol. The van der Waals surface area contributed by atoms with Crippen molar-refractivity contribution in [3.63, 3.8) is 0 Å². The van der Waals surface area contributed by atoms with Crippen molar-refractivity contribution in [3.05, 3.63) is 21.0 Å². The first-order valence-electron chi connectivity index (χ1n) is 6.53. The summed E-state index contributed by atoms with van der Waals surface area (Å²) in [7, 11) is 0. The number of aromatic nitrogens is 2. The van der Waals surface area contributed by atoms with Gasteiger partial charge in [0, 0.05) is 13.1 Å². The number of hydrogen-bond donors (Lipinski definition) is 1. The number of nitrogens with one attached hydrogen (secondary N) is 1. The van der Waals surface area contributed by atoms with Crippen LogP contribution < -0.4 is 10.9 Å². The molecule has 108 valence electrons. The molecule has 0 amide bonds. The highest BCUT2D eigenvalue weighted by Crippen LogP contribution is 2.15. The lowest BCUT2D eigenvalue weighted by Crippen LogP contribution is -2.27. The van der Waals surface area contributed by atoms with Gasteiger partial charge in [-0.25, -0.2) is 4.68 Å². The molecular weight excluding hydrogens is 310 g/mol. The van der Waals surface area contributed by atoms with E-state index in [1.54, 1.807) is 6.20 Å². The molecule has 0 unspecified atom stereocenters. The first-order valence-corrected chi connectivity index (χ1v) is 7.32. The molecule has 0 radical (unpaired) electrons. The summed E-state index contributed by atoms with van der Waals surface area (Å²) in [6.07, 6.45) is 1.88. The summed E-state index contributed by atoms with van der Waals surface area (Å²) >= 11 is 3.33. The van der Waals surface area contributed by atoms with Gasteiger partial charge in [-0.3, -0.25) is 4.79 Å². The molecule has 0 fully saturated rings. The van der Waals surface area contributed by atoms with Crippen LogP contribution in [0.25, 0.3) is 0 Å². The SMILES string of the molecule is CC(C)Cn1ncc(NCCOC(C)C)c(Br)c1=O. The Morgan fingerprint density at radius 1 is 1.42 bits per heavy atom. The van der Waals surface area contributed by atoms with Gasteiger partial charge in [0.1, 0.15) is 4.47 Å². The van der Waals surface area contributed by atoms with Crippen molar-refractivity contribution in [2.75, 3.05) is 18.5 Å². The van der Waals surface area contributed by atoms with Crippen molar-refractivity contribution in [2.45, 2.75) is 40.3 Å². The van der Waals surface area contributed by atoms with E-state index in [0.717, 1.165) is 0 Å². The highest BCUT2D eigenvalue weighted by molar-refractivity contribution is 9.10. The maximum atomic E-state index is 12.0. The van der Waals surface area contributed by atoms with E-state index < -0.39 is 0 Å². The number of halogens is 1. The molecule has 6 heteroatoms. The maximum Gasteiger partial charge on any atom is 0.283 e. The maximum absolute atomic E-state index is 12.0. The molecule has 5 nitrogen and oxygen atoms in total. The Morgan fingerprint density at radius 2 is 2.11 bits per heavy atom. The second kappa shape index (κ2) is 7.65. The van der Waals surface area contributed by atoms with Gasteiger partial charge in [0.15, 0.2) is 0 Å². The smallest absolute Gasteiger partial charge is 0.283 e. The number of ether oxygens (including phenoxy) is 1. The number of nitrogens with zero attached hydrogens (tertiary/aromatic N) is 2. The Labute approximate surface area is 122 Å². The third kappa shape index (κ3) is 5.32. The summed E-state index contributed by atoms with van der Waals surface area (Å²) in [5.41, 5.74) is 0.598. The molecule has 0 aromatic carbocycles. The highest BCUT2D eigenvalue weighted by Gasteiger charge is 2.09. The van der Waals surface area contributed by atoms with Crippen molar-refractivity contribution < 1.29 is 4.74 Å². The summed E-state index contributed by atoms with van der Waals surface area (Å²) in [6, 6.07) is 0. The number of rotatable bonds is 7. The van der Waals surface area contributed by atoms with Crippen molar-refractivity contribution in [1.82, 2.24) is 9.78 Å². The van der Waals surface area contributed by atoms with E-state index in [9.17, 15) is 4.79 Å². The third-order valence-electron chi connectivity index (χ3n) is 2.39. The number of anilines is 1. The van der Waals surface area contributed by atoms with Crippen LogP contribution >= 0.6 is 15.9 Å². The molecule has 0 aliphatic carbocycles. The van der Waals surface area contributed by atoms with Crippen LogP contribution in [0, 0.1) is 5.92 Å². The molecule has 0 aliphatic rings. The van der Waals surface area contributed by atoms with E-state index in [1.807, 2.05) is 13.8 Å². The summed E-state index contributed by atoms with van der Waals surface area (Å²) in [5.74, 6) is 0.385. The largest absolute Gasteiger partial charge is 0.380 e. The van der Waals surface area contributed by atoms with Crippen molar-refractivity contribution >= 4 is 21.6 Å². The van der Waals surface area contributed by atoms with Crippen molar-refractivity contribution in [2.24, 2.45) is 5.92 Å². The minimum absolute atomic E-state index is 0.108. The van der Waals surface area contributed by atoms with Crippen LogP contribution in [0.4, 0.5) is 5.69 Å². The van der Waals surface area contributed by atoms with Gasteiger partial charge in [-0.15, -0.1) is 0 Å². The van der Waals surface area contributed by atoms with Crippen LogP contribution in [0.3, 0.4) is 0 Å². The van der Waals surface area contributed by atoms with E-state index in [-0.39, 0.29) is 11.7 Å². The van der Waals surface area contributed by atoms with Gasteiger partial charge in [-0.05, 0) is 35.7 Å². The van der Waals surface area contributed by atoms with E-state index in [1.165, 1.54) is 4.68 Å². The van der Waals surface area contributed by atoms with Crippen LogP contribution in [-0.2, 0) is 11.3 Å². The van der Waals surface area contributed by atoms with E-state index in [2.05, 4.69) is 40.2 Å². The van der Waals surface area contributed by atoms with Gasteiger partial charge in [-0.1, -0.05) is 13.8 Å². The third-order valence-corrected chi connectivity index (χ3v) is 3.16. The summed E-state index contributed by atoms with van der Waals surface area (Å²) in [6.45, 7) is 9.95. The molecule has 19 heavy (non-hydrogen) atoms. The molecule has 0 spiro atoms. The summed E-state index contributed by atoms with van der Waals surface area (Å²) in [5, 5.41) is 7.31. The van der Waals surface area contributed by atoms with Gasteiger partial charge in [0.05, 0.1) is 24.6 Å². The number of hydrogen-bond acceptors (Lipinski definition) is 4. The zero-order valence-corrected chi connectivity index (χ0v) is 13.5. The quantitative estimate of drug-likeness (QED) is 0.780. The van der Waals surface area contributed by atoms with Gasteiger partial charge in [-0.2, -0.15) is 5.10 Å². The molecule has 1 rings (SSSR count). The average Bonchev–Trinajstić information content (AvgIpc) is 2.32. The second-order valence-electron chi connectivity index (χ2n) is 5.10. The molecule has 0 saturated heterocycles. The molecule has 0 saturated carbocycles. The van der Waals surface area contributed by atoms with E-state index in [0.29, 0.717) is 35.8 Å².